The molecule has 0 bridgehead atoms. The van der Waals surface area contributed by atoms with Crippen molar-refractivity contribution in [2.45, 2.75) is 31.0 Å². The van der Waals surface area contributed by atoms with Crippen LogP contribution in [0.15, 0.2) is 30.3 Å². The minimum atomic E-state index is 0.0338. The van der Waals surface area contributed by atoms with Crippen LogP contribution in [-0.4, -0.2) is 23.9 Å². The third kappa shape index (κ3) is 6.64. The van der Waals surface area contributed by atoms with Crippen molar-refractivity contribution in [3.05, 3.63) is 30.3 Å². The maximum atomic E-state index is 11.5. The van der Waals surface area contributed by atoms with E-state index >= 15 is 0 Å². The van der Waals surface area contributed by atoms with Crippen molar-refractivity contribution in [3.8, 4) is 5.75 Å². The molecule has 1 amide bonds. The number of rotatable bonds is 8. The highest BCUT2D eigenvalue weighted by Crippen LogP contribution is 2.08. The van der Waals surface area contributed by atoms with Crippen molar-refractivity contribution in [1.29, 1.82) is 0 Å². The minimum absolute atomic E-state index is 0.0338. The first-order chi connectivity index (χ1) is 8.72. The predicted molar refractivity (Wildman–Crippen MR) is 77.2 cm³/mol. The van der Waals surface area contributed by atoms with Gasteiger partial charge >= 0.3 is 0 Å². The second-order valence-electron chi connectivity index (χ2n) is 4.10. The van der Waals surface area contributed by atoms with Crippen molar-refractivity contribution < 1.29 is 9.53 Å². The van der Waals surface area contributed by atoms with Crippen LogP contribution in [0.25, 0.3) is 0 Å². The summed E-state index contributed by atoms with van der Waals surface area (Å²) in [4.78, 5) is 11.9. The van der Waals surface area contributed by atoms with E-state index in [0.29, 0.717) is 24.4 Å². The maximum absolute atomic E-state index is 11.5. The maximum Gasteiger partial charge on any atom is 0.223 e. The average molecular weight is 314 g/mol. The summed E-state index contributed by atoms with van der Waals surface area (Å²) in [5.41, 5.74) is 0. The fourth-order valence-electron chi connectivity index (χ4n) is 1.51. The number of halogens is 1. The zero-order valence-corrected chi connectivity index (χ0v) is 12.3. The number of alkyl halides is 1. The van der Waals surface area contributed by atoms with E-state index in [9.17, 15) is 4.79 Å². The number of ether oxygens (including phenoxy) is 1. The van der Waals surface area contributed by atoms with Crippen molar-refractivity contribution in [3.63, 3.8) is 0 Å². The Kier molecular flexibility index (Phi) is 7.49. The predicted octanol–water partition coefficient (Wildman–Crippen LogP) is 3.14. The lowest BCUT2D eigenvalue weighted by molar-refractivity contribution is -0.121. The van der Waals surface area contributed by atoms with Crippen molar-refractivity contribution in [1.82, 2.24) is 5.32 Å². The Morgan fingerprint density at radius 3 is 2.78 bits per heavy atom. The molecule has 1 aromatic rings. The number of hydrogen-bond acceptors (Lipinski definition) is 2. The lowest BCUT2D eigenvalue weighted by Crippen LogP contribution is -2.30. The van der Waals surface area contributed by atoms with Gasteiger partial charge in [0.05, 0.1) is 13.0 Å². The Bertz CT molecular complexity index is 343. The standard InChI is InChI=1S/C14H20BrNO2/c1-2-6-12(15)11-16-14(17)9-10-18-13-7-4-3-5-8-13/h3-5,7-8,12H,2,6,9-11H2,1H3,(H,16,17). The van der Waals surface area contributed by atoms with E-state index in [4.69, 9.17) is 4.74 Å². The molecule has 1 N–H and O–H groups in total. The number of nitrogens with one attached hydrogen (secondary N) is 1. The van der Waals surface area contributed by atoms with Gasteiger partial charge in [-0.15, -0.1) is 0 Å². The van der Waals surface area contributed by atoms with Crippen molar-refractivity contribution in [2.75, 3.05) is 13.2 Å². The van der Waals surface area contributed by atoms with Gasteiger partial charge in [-0.2, -0.15) is 0 Å². The topological polar surface area (TPSA) is 38.3 Å². The van der Waals surface area contributed by atoms with E-state index in [1.165, 1.54) is 0 Å². The van der Waals surface area contributed by atoms with Crippen LogP contribution in [0.2, 0.25) is 0 Å². The smallest absolute Gasteiger partial charge is 0.223 e. The lowest BCUT2D eigenvalue weighted by Gasteiger charge is -2.10. The van der Waals surface area contributed by atoms with Crippen LogP contribution in [0.1, 0.15) is 26.2 Å². The van der Waals surface area contributed by atoms with Gasteiger partial charge in [0.25, 0.3) is 0 Å². The third-order valence-corrected chi connectivity index (χ3v) is 3.25. The van der Waals surface area contributed by atoms with E-state index < -0.39 is 0 Å². The molecule has 0 aliphatic rings. The van der Waals surface area contributed by atoms with Gasteiger partial charge in [-0.25, -0.2) is 0 Å². The quantitative estimate of drug-likeness (QED) is 0.749. The molecule has 0 saturated heterocycles. The number of amides is 1. The summed E-state index contributed by atoms with van der Waals surface area (Å²) < 4.78 is 5.46. The Labute approximate surface area is 117 Å². The molecule has 0 heterocycles. The van der Waals surface area contributed by atoms with Crippen LogP contribution in [-0.2, 0) is 4.79 Å². The van der Waals surface area contributed by atoms with Gasteiger partial charge in [0.1, 0.15) is 5.75 Å². The summed E-state index contributed by atoms with van der Waals surface area (Å²) in [6.45, 7) is 3.22. The first kappa shape index (κ1) is 15.0. The molecular weight excluding hydrogens is 294 g/mol. The Morgan fingerprint density at radius 1 is 1.39 bits per heavy atom. The van der Waals surface area contributed by atoms with Crippen molar-refractivity contribution >= 4 is 21.8 Å². The summed E-state index contributed by atoms with van der Waals surface area (Å²) in [7, 11) is 0. The molecule has 100 valence electrons. The number of para-hydroxylation sites is 1. The number of carbonyl (C=O) groups excluding carboxylic acids is 1. The molecule has 0 spiro atoms. The van der Waals surface area contributed by atoms with Gasteiger partial charge in [-0.05, 0) is 18.6 Å². The Balaban J connectivity index is 2.10. The highest BCUT2D eigenvalue weighted by molar-refractivity contribution is 9.09. The molecule has 3 nitrogen and oxygen atoms in total. The highest BCUT2D eigenvalue weighted by Gasteiger charge is 2.06. The first-order valence-corrected chi connectivity index (χ1v) is 7.22. The number of hydrogen-bond donors (Lipinski definition) is 1. The summed E-state index contributed by atoms with van der Waals surface area (Å²) in [6.07, 6.45) is 2.57. The summed E-state index contributed by atoms with van der Waals surface area (Å²) in [5, 5.41) is 2.89. The normalized spacial score (nSPS) is 11.9. The Morgan fingerprint density at radius 2 is 2.11 bits per heavy atom. The minimum Gasteiger partial charge on any atom is -0.493 e. The van der Waals surface area contributed by atoms with Gasteiger partial charge in [0, 0.05) is 11.4 Å². The van der Waals surface area contributed by atoms with Crippen LogP contribution in [0.4, 0.5) is 0 Å². The second-order valence-corrected chi connectivity index (χ2v) is 5.40. The fourth-order valence-corrected chi connectivity index (χ4v) is 2.13. The molecule has 0 saturated carbocycles. The largest absolute Gasteiger partial charge is 0.493 e. The van der Waals surface area contributed by atoms with Crippen LogP contribution < -0.4 is 10.1 Å². The second kappa shape index (κ2) is 8.97. The molecular formula is C14H20BrNO2. The summed E-state index contributed by atoms with van der Waals surface area (Å²) in [5.74, 6) is 0.834. The first-order valence-electron chi connectivity index (χ1n) is 6.31. The van der Waals surface area contributed by atoms with Crippen LogP contribution in [0, 0.1) is 0 Å². The molecule has 0 fully saturated rings. The molecule has 0 radical (unpaired) electrons. The molecule has 4 heteroatoms. The van der Waals surface area contributed by atoms with Gasteiger partial charge in [-0.1, -0.05) is 47.5 Å². The van der Waals surface area contributed by atoms with Gasteiger partial charge in [0.2, 0.25) is 5.91 Å². The zero-order valence-electron chi connectivity index (χ0n) is 10.7. The molecule has 1 rings (SSSR count). The fraction of sp³-hybridized carbons (Fsp3) is 0.500. The van der Waals surface area contributed by atoms with Crippen LogP contribution in [0.5, 0.6) is 5.75 Å². The van der Waals surface area contributed by atoms with E-state index in [1.807, 2.05) is 30.3 Å². The molecule has 1 unspecified atom stereocenters. The van der Waals surface area contributed by atoms with Crippen LogP contribution >= 0.6 is 15.9 Å². The lowest BCUT2D eigenvalue weighted by atomic mass is 10.2. The number of benzene rings is 1. The highest BCUT2D eigenvalue weighted by atomic mass is 79.9. The summed E-state index contributed by atoms with van der Waals surface area (Å²) >= 11 is 3.53. The van der Waals surface area contributed by atoms with E-state index in [-0.39, 0.29) is 5.91 Å². The van der Waals surface area contributed by atoms with Crippen molar-refractivity contribution in [2.24, 2.45) is 0 Å². The van der Waals surface area contributed by atoms with Crippen LogP contribution in [0.3, 0.4) is 0 Å². The average Bonchev–Trinajstić information content (AvgIpc) is 2.38. The van der Waals surface area contributed by atoms with Gasteiger partial charge < -0.3 is 10.1 Å². The molecule has 1 atom stereocenters. The monoisotopic (exact) mass is 313 g/mol. The van der Waals surface area contributed by atoms with E-state index in [1.54, 1.807) is 0 Å². The molecule has 18 heavy (non-hydrogen) atoms. The van der Waals surface area contributed by atoms with E-state index in [2.05, 4.69) is 28.2 Å². The third-order valence-electron chi connectivity index (χ3n) is 2.46. The van der Waals surface area contributed by atoms with Gasteiger partial charge in [-0.3, -0.25) is 4.79 Å². The molecule has 0 aromatic heterocycles. The Hall–Kier alpha value is -1.03. The molecule has 1 aromatic carbocycles. The molecule has 0 aliphatic heterocycles. The molecule has 0 aliphatic carbocycles. The summed E-state index contributed by atoms with van der Waals surface area (Å²) in [6, 6.07) is 9.52. The zero-order chi connectivity index (χ0) is 13.2. The van der Waals surface area contributed by atoms with E-state index in [0.717, 1.165) is 18.6 Å². The SMILES string of the molecule is CCCC(Br)CNC(=O)CCOc1ccccc1. The van der Waals surface area contributed by atoms with Gasteiger partial charge in [0.15, 0.2) is 0 Å². The number of carbonyl (C=O) groups is 1.